The first kappa shape index (κ1) is 14.0. The van der Waals surface area contributed by atoms with E-state index >= 15 is 0 Å². The van der Waals surface area contributed by atoms with E-state index in [2.05, 4.69) is 21.2 Å². The molecule has 1 N–H and O–H groups in total. The molecule has 0 bridgehead atoms. The first-order valence-electron chi connectivity index (χ1n) is 6.90. The van der Waals surface area contributed by atoms with Crippen LogP contribution in [0.4, 0.5) is 4.39 Å². The fourth-order valence-corrected chi connectivity index (χ4v) is 3.09. The van der Waals surface area contributed by atoms with Crippen molar-refractivity contribution in [2.75, 3.05) is 6.54 Å². The smallest absolute Gasteiger partial charge is 0.127 e. The van der Waals surface area contributed by atoms with Crippen LogP contribution in [0.15, 0.2) is 22.7 Å². The van der Waals surface area contributed by atoms with Crippen molar-refractivity contribution in [2.45, 2.75) is 45.1 Å². The van der Waals surface area contributed by atoms with Gasteiger partial charge in [-0.3, -0.25) is 0 Å². The van der Waals surface area contributed by atoms with Crippen molar-refractivity contribution in [3.8, 4) is 0 Å². The first-order valence-corrected chi connectivity index (χ1v) is 7.69. The van der Waals surface area contributed by atoms with Crippen molar-refractivity contribution >= 4 is 15.9 Å². The number of rotatable bonds is 5. The van der Waals surface area contributed by atoms with Crippen LogP contribution in [0.3, 0.4) is 0 Å². The molecule has 1 nitrogen and oxygen atoms in total. The largest absolute Gasteiger partial charge is 0.313 e. The molecule has 1 aromatic rings. The van der Waals surface area contributed by atoms with Crippen molar-refractivity contribution in [1.82, 2.24) is 5.32 Å². The summed E-state index contributed by atoms with van der Waals surface area (Å²) in [6.07, 6.45) is 8.19. The fraction of sp³-hybridized carbons (Fsp3) is 0.600. The summed E-state index contributed by atoms with van der Waals surface area (Å²) in [7, 11) is 0. The van der Waals surface area contributed by atoms with Gasteiger partial charge in [0.25, 0.3) is 0 Å². The molecule has 0 atom stereocenters. The summed E-state index contributed by atoms with van der Waals surface area (Å²) in [5, 5.41) is 3.36. The molecule has 1 aromatic carbocycles. The van der Waals surface area contributed by atoms with Gasteiger partial charge in [-0.1, -0.05) is 48.0 Å². The second kappa shape index (κ2) is 7.25. The van der Waals surface area contributed by atoms with E-state index in [1.807, 2.05) is 6.07 Å². The summed E-state index contributed by atoms with van der Waals surface area (Å²) in [5.41, 5.74) is 0.744. The maximum Gasteiger partial charge on any atom is 0.127 e. The molecule has 0 saturated heterocycles. The highest BCUT2D eigenvalue weighted by Crippen LogP contribution is 2.25. The monoisotopic (exact) mass is 313 g/mol. The minimum atomic E-state index is -0.122. The zero-order chi connectivity index (χ0) is 12.8. The van der Waals surface area contributed by atoms with E-state index in [1.165, 1.54) is 44.6 Å². The fourth-order valence-electron chi connectivity index (χ4n) is 2.68. The third-order valence-electron chi connectivity index (χ3n) is 3.78. The van der Waals surface area contributed by atoms with Crippen LogP contribution in [0.2, 0.25) is 0 Å². The summed E-state index contributed by atoms with van der Waals surface area (Å²) in [6, 6.07) is 5.10. The van der Waals surface area contributed by atoms with Gasteiger partial charge in [-0.2, -0.15) is 0 Å². The van der Waals surface area contributed by atoms with Gasteiger partial charge in [0, 0.05) is 16.6 Å². The molecule has 1 aliphatic carbocycles. The summed E-state index contributed by atoms with van der Waals surface area (Å²) >= 11 is 3.37. The van der Waals surface area contributed by atoms with Crippen LogP contribution in [0.25, 0.3) is 0 Å². The zero-order valence-electron chi connectivity index (χ0n) is 10.7. The molecule has 1 fully saturated rings. The van der Waals surface area contributed by atoms with Crippen LogP contribution in [-0.4, -0.2) is 6.54 Å². The Morgan fingerprint density at radius 2 is 2.00 bits per heavy atom. The number of halogens is 2. The molecule has 0 heterocycles. The summed E-state index contributed by atoms with van der Waals surface area (Å²) in [5.74, 6) is 0.766. The highest BCUT2D eigenvalue weighted by Gasteiger charge is 2.12. The van der Waals surface area contributed by atoms with E-state index in [4.69, 9.17) is 0 Å². The summed E-state index contributed by atoms with van der Waals surface area (Å²) in [4.78, 5) is 0. The number of hydrogen-bond acceptors (Lipinski definition) is 1. The van der Waals surface area contributed by atoms with Crippen LogP contribution in [0.5, 0.6) is 0 Å². The normalized spacial score (nSPS) is 17.0. The highest BCUT2D eigenvalue weighted by atomic mass is 79.9. The van der Waals surface area contributed by atoms with Crippen LogP contribution in [0.1, 0.15) is 44.1 Å². The van der Waals surface area contributed by atoms with Crippen molar-refractivity contribution in [1.29, 1.82) is 0 Å². The van der Waals surface area contributed by atoms with Gasteiger partial charge in [0.1, 0.15) is 5.82 Å². The van der Waals surface area contributed by atoms with E-state index in [-0.39, 0.29) is 5.82 Å². The van der Waals surface area contributed by atoms with Crippen LogP contribution in [0, 0.1) is 11.7 Å². The Kier molecular flexibility index (Phi) is 5.64. The first-order chi connectivity index (χ1) is 8.75. The molecule has 0 radical (unpaired) electrons. The second-order valence-corrected chi connectivity index (χ2v) is 6.12. The van der Waals surface area contributed by atoms with E-state index < -0.39 is 0 Å². The van der Waals surface area contributed by atoms with Gasteiger partial charge in [-0.15, -0.1) is 0 Å². The lowest BCUT2D eigenvalue weighted by molar-refractivity contribution is 0.333. The summed E-state index contributed by atoms with van der Waals surface area (Å²) < 4.78 is 14.4. The zero-order valence-corrected chi connectivity index (χ0v) is 12.3. The van der Waals surface area contributed by atoms with Crippen molar-refractivity contribution in [2.24, 2.45) is 5.92 Å². The molecule has 2 rings (SSSR count). The molecule has 0 aliphatic heterocycles. The molecule has 100 valence electrons. The minimum Gasteiger partial charge on any atom is -0.313 e. The van der Waals surface area contributed by atoms with Gasteiger partial charge in [0.2, 0.25) is 0 Å². The molecular formula is C15H21BrFN. The van der Waals surface area contributed by atoms with Crippen LogP contribution < -0.4 is 5.32 Å². The molecular weight excluding hydrogens is 293 g/mol. The maximum absolute atomic E-state index is 13.5. The van der Waals surface area contributed by atoms with E-state index in [1.54, 1.807) is 6.07 Å². The lowest BCUT2D eigenvalue weighted by Crippen LogP contribution is -2.19. The Hall–Kier alpha value is -0.410. The lowest BCUT2D eigenvalue weighted by Gasteiger charge is -2.21. The van der Waals surface area contributed by atoms with Crippen molar-refractivity contribution in [3.05, 3.63) is 34.1 Å². The topological polar surface area (TPSA) is 12.0 Å². The standard InChI is InChI=1S/C15H21BrFN/c16-14-6-7-15(17)13(10-14)11-18-9-8-12-4-2-1-3-5-12/h6-7,10,12,18H,1-5,8-9,11H2. The number of benzene rings is 1. The molecule has 1 saturated carbocycles. The third kappa shape index (κ3) is 4.36. The Balaban J connectivity index is 1.69. The van der Waals surface area contributed by atoms with Crippen LogP contribution in [-0.2, 0) is 6.54 Å². The molecule has 0 unspecified atom stereocenters. The predicted octanol–water partition coefficient (Wildman–Crippen LogP) is 4.65. The highest BCUT2D eigenvalue weighted by molar-refractivity contribution is 9.10. The van der Waals surface area contributed by atoms with Gasteiger partial charge in [-0.25, -0.2) is 4.39 Å². The van der Waals surface area contributed by atoms with Gasteiger partial charge in [-0.05, 0) is 37.1 Å². The molecule has 18 heavy (non-hydrogen) atoms. The van der Waals surface area contributed by atoms with Crippen LogP contribution >= 0.6 is 15.9 Å². The predicted molar refractivity (Wildman–Crippen MR) is 77.0 cm³/mol. The number of hydrogen-bond donors (Lipinski definition) is 1. The van der Waals surface area contributed by atoms with E-state index in [9.17, 15) is 4.39 Å². The maximum atomic E-state index is 13.5. The van der Waals surface area contributed by atoms with Crippen molar-refractivity contribution < 1.29 is 4.39 Å². The molecule has 0 amide bonds. The van der Waals surface area contributed by atoms with Gasteiger partial charge >= 0.3 is 0 Å². The Labute approximate surface area is 117 Å². The van der Waals surface area contributed by atoms with Crippen molar-refractivity contribution in [3.63, 3.8) is 0 Å². The Morgan fingerprint density at radius 1 is 1.22 bits per heavy atom. The third-order valence-corrected chi connectivity index (χ3v) is 4.27. The molecule has 0 aromatic heterocycles. The molecule has 3 heteroatoms. The summed E-state index contributed by atoms with van der Waals surface area (Å²) in [6.45, 7) is 1.62. The second-order valence-electron chi connectivity index (χ2n) is 5.21. The Bertz CT molecular complexity index is 375. The molecule has 0 spiro atoms. The number of nitrogens with one attached hydrogen (secondary N) is 1. The lowest BCUT2D eigenvalue weighted by atomic mass is 9.87. The van der Waals surface area contributed by atoms with Gasteiger partial charge < -0.3 is 5.32 Å². The SMILES string of the molecule is Fc1ccc(Br)cc1CNCCC1CCCCC1. The van der Waals surface area contributed by atoms with Gasteiger partial charge in [0.05, 0.1) is 0 Å². The quantitative estimate of drug-likeness (QED) is 0.780. The van der Waals surface area contributed by atoms with E-state index in [0.29, 0.717) is 6.54 Å². The average molecular weight is 314 g/mol. The Morgan fingerprint density at radius 3 is 2.78 bits per heavy atom. The van der Waals surface area contributed by atoms with Gasteiger partial charge in [0.15, 0.2) is 0 Å². The average Bonchev–Trinajstić information content (AvgIpc) is 2.40. The van der Waals surface area contributed by atoms with E-state index in [0.717, 1.165) is 22.5 Å². The molecule has 1 aliphatic rings. The minimum absolute atomic E-state index is 0.122.